The van der Waals surface area contributed by atoms with Crippen molar-refractivity contribution < 1.29 is 9.47 Å². The standard InChI is InChI=1S/C9H14N2O2S/c1-10-9(8-2-3-11-14-8)7-6-12-4-5-13-7/h2-3,7,9-10H,4-6H2,1H3. The van der Waals surface area contributed by atoms with Gasteiger partial charge in [0.25, 0.3) is 0 Å². The fourth-order valence-corrected chi connectivity index (χ4v) is 2.34. The predicted octanol–water partition coefficient (Wildman–Crippen LogP) is 0.819. The molecule has 0 saturated carbocycles. The molecule has 2 atom stereocenters. The minimum atomic E-state index is 0.106. The van der Waals surface area contributed by atoms with Gasteiger partial charge in [-0.25, -0.2) is 4.37 Å². The van der Waals surface area contributed by atoms with Gasteiger partial charge in [-0.05, 0) is 24.6 Å². The Labute approximate surface area is 87.4 Å². The number of hydrogen-bond donors (Lipinski definition) is 1. The number of nitrogens with zero attached hydrogens (tertiary/aromatic N) is 1. The molecule has 14 heavy (non-hydrogen) atoms. The summed E-state index contributed by atoms with van der Waals surface area (Å²) in [6.07, 6.45) is 1.92. The molecule has 1 aromatic heterocycles. The molecule has 78 valence electrons. The number of rotatable bonds is 3. The van der Waals surface area contributed by atoms with Crippen LogP contribution in [0.15, 0.2) is 12.3 Å². The SMILES string of the molecule is CNC(c1ccns1)C1COCCO1. The van der Waals surface area contributed by atoms with E-state index in [1.54, 1.807) is 0 Å². The third kappa shape index (κ3) is 2.12. The molecule has 2 rings (SSSR count). The largest absolute Gasteiger partial charge is 0.376 e. The van der Waals surface area contributed by atoms with Gasteiger partial charge >= 0.3 is 0 Å². The first-order valence-electron chi connectivity index (χ1n) is 4.69. The molecule has 2 unspecified atom stereocenters. The summed E-state index contributed by atoms with van der Waals surface area (Å²) in [5.74, 6) is 0. The van der Waals surface area contributed by atoms with Crippen LogP contribution in [0.2, 0.25) is 0 Å². The summed E-state index contributed by atoms with van der Waals surface area (Å²) in [6, 6.07) is 2.21. The van der Waals surface area contributed by atoms with Gasteiger partial charge in [0.05, 0.1) is 25.9 Å². The van der Waals surface area contributed by atoms with E-state index in [0.29, 0.717) is 19.8 Å². The van der Waals surface area contributed by atoms with E-state index in [-0.39, 0.29) is 12.1 Å². The van der Waals surface area contributed by atoms with Gasteiger partial charge < -0.3 is 14.8 Å². The van der Waals surface area contributed by atoms with Crippen molar-refractivity contribution in [3.05, 3.63) is 17.1 Å². The first kappa shape index (κ1) is 10.0. The second-order valence-electron chi connectivity index (χ2n) is 3.17. The fourth-order valence-electron chi connectivity index (χ4n) is 1.60. The Kier molecular flexibility index (Phi) is 3.47. The monoisotopic (exact) mass is 214 g/mol. The minimum absolute atomic E-state index is 0.106. The highest BCUT2D eigenvalue weighted by atomic mass is 32.1. The molecule has 0 amide bonds. The lowest BCUT2D eigenvalue weighted by molar-refractivity contribution is -0.101. The smallest absolute Gasteiger partial charge is 0.101 e. The van der Waals surface area contributed by atoms with E-state index in [4.69, 9.17) is 9.47 Å². The Morgan fingerprint density at radius 1 is 1.64 bits per heavy atom. The molecule has 0 aromatic carbocycles. The van der Waals surface area contributed by atoms with Crippen molar-refractivity contribution >= 4 is 11.5 Å². The van der Waals surface area contributed by atoms with E-state index in [0.717, 1.165) is 0 Å². The average molecular weight is 214 g/mol. The molecule has 1 saturated heterocycles. The zero-order valence-electron chi connectivity index (χ0n) is 8.10. The summed E-state index contributed by atoms with van der Waals surface area (Å²) in [6.45, 7) is 2.04. The Balaban J connectivity index is 2.04. The molecule has 4 nitrogen and oxygen atoms in total. The van der Waals surface area contributed by atoms with Gasteiger partial charge in [0.2, 0.25) is 0 Å². The molecule has 0 radical (unpaired) electrons. The van der Waals surface area contributed by atoms with Crippen molar-refractivity contribution in [2.24, 2.45) is 0 Å². The molecule has 0 bridgehead atoms. The zero-order chi connectivity index (χ0) is 9.80. The van der Waals surface area contributed by atoms with E-state index >= 15 is 0 Å². The van der Waals surface area contributed by atoms with Crippen LogP contribution in [0.5, 0.6) is 0 Å². The van der Waals surface area contributed by atoms with Crippen molar-refractivity contribution in [3.8, 4) is 0 Å². The summed E-state index contributed by atoms with van der Waals surface area (Å²) in [4.78, 5) is 1.20. The molecular formula is C9H14N2O2S. The van der Waals surface area contributed by atoms with E-state index in [1.165, 1.54) is 16.4 Å². The van der Waals surface area contributed by atoms with Crippen molar-refractivity contribution in [2.45, 2.75) is 12.1 Å². The van der Waals surface area contributed by atoms with E-state index in [2.05, 4.69) is 9.69 Å². The number of likely N-dealkylation sites (N-methyl/N-ethyl adjacent to an activating group) is 1. The normalized spacial score (nSPS) is 24.8. The Morgan fingerprint density at radius 2 is 2.57 bits per heavy atom. The van der Waals surface area contributed by atoms with Crippen molar-refractivity contribution in [1.82, 2.24) is 9.69 Å². The highest BCUT2D eigenvalue weighted by Gasteiger charge is 2.26. The number of ether oxygens (including phenoxy) is 2. The van der Waals surface area contributed by atoms with Crippen LogP contribution >= 0.6 is 11.5 Å². The molecule has 1 aliphatic heterocycles. The van der Waals surface area contributed by atoms with Crippen LogP contribution in [0.1, 0.15) is 10.9 Å². The fraction of sp³-hybridized carbons (Fsp3) is 0.667. The summed E-state index contributed by atoms with van der Waals surface area (Å²) in [7, 11) is 1.93. The molecule has 1 fully saturated rings. The first-order valence-corrected chi connectivity index (χ1v) is 5.46. The van der Waals surface area contributed by atoms with Crippen LogP contribution in [0, 0.1) is 0 Å². The quantitative estimate of drug-likeness (QED) is 0.809. The lowest BCUT2D eigenvalue weighted by atomic mass is 10.1. The Bertz CT molecular complexity index is 260. The lowest BCUT2D eigenvalue weighted by Gasteiger charge is -2.29. The Morgan fingerprint density at radius 3 is 3.14 bits per heavy atom. The van der Waals surface area contributed by atoms with E-state index < -0.39 is 0 Å². The second kappa shape index (κ2) is 4.84. The van der Waals surface area contributed by atoms with Crippen LogP contribution in [-0.2, 0) is 9.47 Å². The summed E-state index contributed by atoms with van der Waals surface area (Å²) in [5.41, 5.74) is 0. The topological polar surface area (TPSA) is 43.4 Å². The molecule has 0 spiro atoms. The molecule has 1 aliphatic rings. The van der Waals surface area contributed by atoms with Crippen LogP contribution in [0.3, 0.4) is 0 Å². The summed E-state index contributed by atoms with van der Waals surface area (Å²) in [5, 5.41) is 3.24. The van der Waals surface area contributed by atoms with Gasteiger partial charge in [-0.3, -0.25) is 0 Å². The number of aromatic nitrogens is 1. The van der Waals surface area contributed by atoms with Gasteiger partial charge in [0, 0.05) is 11.1 Å². The van der Waals surface area contributed by atoms with Crippen molar-refractivity contribution in [2.75, 3.05) is 26.9 Å². The lowest BCUT2D eigenvalue weighted by Crippen LogP contribution is -2.38. The average Bonchev–Trinajstić information content (AvgIpc) is 2.74. The predicted molar refractivity (Wildman–Crippen MR) is 54.5 cm³/mol. The molecule has 0 aliphatic carbocycles. The molecule has 1 N–H and O–H groups in total. The van der Waals surface area contributed by atoms with E-state index in [1.807, 2.05) is 19.3 Å². The maximum absolute atomic E-state index is 5.65. The van der Waals surface area contributed by atoms with Gasteiger partial charge in [-0.1, -0.05) is 0 Å². The molecule has 1 aromatic rings. The Hall–Kier alpha value is -0.490. The van der Waals surface area contributed by atoms with Crippen LogP contribution in [0.4, 0.5) is 0 Å². The second-order valence-corrected chi connectivity index (χ2v) is 4.03. The maximum Gasteiger partial charge on any atom is 0.101 e. The highest BCUT2D eigenvalue weighted by molar-refractivity contribution is 7.05. The number of nitrogens with one attached hydrogen (secondary N) is 1. The van der Waals surface area contributed by atoms with E-state index in [9.17, 15) is 0 Å². The van der Waals surface area contributed by atoms with Gasteiger partial charge in [0.15, 0.2) is 0 Å². The molecule has 2 heterocycles. The minimum Gasteiger partial charge on any atom is -0.376 e. The van der Waals surface area contributed by atoms with Crippen LogP contribution in [-0.4, -0.2) is 37.3 Å². The molecular weight excluding hydrogens is 200 g/mol. The van der Waals surface area contributed by atoms with Crippen LogP contribution < -0.4 is 5.32 Å². The van der Waals surface area contributed by atoms with Crippen molar-refractivity contribution in [3.63, 3.8) is 0 Å². The van der Waals surface area contributed by atoms with Gasteiger partial charge in [-0.15, -0.1) is 0 Å². The zero-order valence-corrected chi connectivity index (χ0v) is 8.92. The molecule has 5 heteroatoms. The van der Waals surface area contributed by atoms with Gasteiger partial charge in [-0.2, -0.15) is 0 Å². The van der Waals surface area contributed by atoms with Crippen molar-refractivity contribution in [1.29, 1.82) is 0 Å². The summed E-state index contributed by atoms with van der Waals surface area (Å²) < 4.78 is 15.1. The third-order valence-corrected chi connectivity index (χ3v) is 3.12. The summed E-state index contributed by atoms with van der Waals surface area (Å²) >= 11 is 1.50. The van der Waals surface area contributed by atoms with Gasteiger partial charge in [0.1, 0.15) is 6.10 Å². The third-order valence-electron chi connectivity index (χ3n) is 2.29. The number of hydrogen-bond acceptors (Lipinski definition) is 5. The highest BCUT2D eigenvalue weighted by Crippen LogP contribution is 2.23. The first-order chi connectivity index (χ1) is 6.92. The maximum atomic E-state index is 5.65. The van der Waals surface area contributed by atoms with Crippen LogP contribution in [0.25, 0.3) is 0 Å².